The van der Waals surface area contributed by atoms with Gasteiger partial charge in [-0.05, 0) is 46.4 Å². The van der Waals surface area contributed by atoms with Crippen LogP contribution < -0.4 is 4.74 Å². The van der Waals surface area contributed by atoms with Gasteiger partial charge in [0.2, 0.25) is 0 Å². The molecule has 1 aliphatic rings. The normalized spacial score (nSPS) is 17.8. The third-order valence-electron chi connectivity index (χ3n) is 6.08. The molecule has 34 heavy (non-hydrogen) atoms. The highest BCUT2D eigenvalue weighted by Crippen LogP contribution is 2.41. The van der Waals surface area contributed by atoms with Crippen LogP contribution in [0.15, 0.2) is 78.6 Å². The number of carbonyl (C=O) groups is 2. The number of pyridine rings is 1. The molecular formula is C28H28N2O4. The molecule has 174 valence electrons. The second-order valence-corrected chi connectivity index (χ2v) is 9.39. The van der Waals surface area contributed by atoms with Crippen molar-refractivity contribution in [2.24, 2.45) is 0 Å². The van der Waals surface area contributed by atoms with Gasteiger partial charge < -0.3 is 14.7 Å². The Morgan fingerprint density at radius 3 is 2.32 bits per heavy atom. The summed E-state index contributed by atoms with van der Waals surface area (Å²) in [5.41, 5.74) is 3.17. The van der Waals surface area contributed by atoms with Gasteiger partial charge in [-0.15, -0.1) is 0 Å². The fourth-order valence-electron chi connectivity index (χ4n) is 4.17. The van der Waals surface area contributed by atoms with E-state index in [0.29, 0.717) is 11.3 Å². The minimum atomic E-state index is -0.728. The number of rotatable bonds is 5. The van der Waals surface area contributed by atoms with Crippen molar-refractivity contribution >= 4 is 17.4 Å². The molecule has 0 bridgehead atoms. The summed E-state index contributed by atoms with van der Waals surface area (Å²) >= 11 is 0. The molecule has 1 saturated heterocycles. The number of likely N-dealkylation sites (tertiary alicyclic amines) is 1. The smallest absolute Gasteiger partial charge is 0.295 e. The molecule has 0 aliphatic carbocycles. The van der Waals surface area contributed by atoms with Gasteiger partial charge in [-0.1, -0.05) is 57.2 Å². The number of benzene rings is 2. The number of methoxy groups -OCH3 is 1. The van der Waals surface area contributed by atoms with Crippen LogP contribution in [0.4, 0.5) is 0 Å². The number of hydrogen-bond donors (Lipinski definition) is 1. The van der Waals surface area contributed by atoms with Crippen molar-refractivity contribution in [2.45, 2.75) is 38.8 Å². The van der Waals surface area contributed by atoms with E-state index in [4.69, 9.17) is 4.74 Å². The van der Waals surface area contributed by atoms with Gasteiger partial charge in [0, 0.05) is 24.5 Å². The summed E-state index contributed by atoms with van der Waals surface area (Å²) in [6.07, 6.45) is 3.30. The molecule has 1 atom stereocenters. The van der Waals surface area contributed by atoms with Gasteiger partial charge in [-0.2, -0.15) is 0 Å². The molecule has 1 aliphatic heterocycles. The van der Waals surface area contributed by atoms with Gasteiger partial charge in [-0.25, -0.2) is 0 Å². The van der Waals surface area contributed by atoms with E-state index in [9.17, 15) is 14.7 Å². The molecule has 6 nitrogen and oxygen atoms in total. The van der Waals surface area contributed by atoms with Crippen LogP contribution in [0.2, 0.25) is 0 Å². The molecular weight excluding hydrogens is 428 g/mol. The van der Waals surface area contributed by atoms with Gasteiger partial charge in [-0.3, -0.25) is 14.6 Å². The first-order chi connectivity index (χ1) is 16.2. The van der Waals surface area contributed by atoms with Crippen molar-refractivity contribution in [3.63, 3.8) is 0 Å². The molecule has 0 spiro atoms. The first-order valence-electron chi connectivity index (χ1n) is 11.1. The van der Waals surface area contributed by atoms with Crippen LogP contribution in [0.5, 0.6) is 5.75 Å². The lowest BCUT2D eigenvalue weighted by Crippen LogP contribution is -2.29. The third kappa shape index (κ3) is 4.44. The van der Waals surface area contributed by atoms with E-state index in [1.165, 1.54) is 12.0 Å². The summed E-state index contributed by atoms with van der Waals surface area (Å²) in [7, 11) is 1.53. The van der Waals surface area contributed by atoms with Crippen molar-refractivity contribution in [1.82, 2.24) is 9.88 Å². The zero-order chi connectivity index (χ0) is 24.5. The lowest BCUT2D eigenvalue weighted by atomic mass is 9.85. The number of aliphatic hydroxyl groups excluding tert-OH is 1. The first-order valence-corrected chi connectivity index (χ1v) is 11.1. The topological polar surface area (TPSA) is 79.7 Å². The van der Waals surface area contributed by atoms with E-state index in [1.54, 1.807) is 48.8 Å². The Labute approximate surface area is 199 Å². The Bertz CT molecular complexity index is 1240. The van der Waals surface area contributed by atoms with E-state index in [2.05, 4.69) is 25.8 Å². The fourth-order valence-corrected chi connectivity index (χ4v) is 4.17. The molecule has 3 aromatic rings. The van der Waals surface area contributed by atoms with Crippen molar-refractivity contribution in [3.8, 4) is 5.75 Å². The standard InChI is InChI=1S/C28H28N2O4/c1-28(2,3)21-10-8-19(9-11-21)24-23(25(31)20-6-5-7-22(16-20)34-4)26(32)27(33)30(24)17-18-12-14-29-15-13-18/h5-16,24,31H,17H2,1-4H3. The Hall–Kier alpha value is -3.93. The fraction of sp³-hybridized carbons (Fsp3) is 0.250. The predicted octanol–water partition coefficient (Wildman–Crippen LogP) is 5.01. The summed E-state index contributed by atoms with van der Waals surface area (Å²) < 4.78 is 5.27. The molecule has 1 aromatic heterocycles. The van der Waals surface area contributed by atoms with E-state index >= 15 is 0 Å². The van der Waals surface area contributed by atoms with Crippen LogP contribution >= 0.6 is 0 Å². The molecule has 4 rings (SSSR count). The van der Waals surface area contributed by atoms with E-state index in [1.807, 2.05) is 24.3 Å². The molecule has 1 amide bonds. The van der Waals surface area contributed by atoms with E-state index in [-0.39, 0.29) is 23.3 Å². The van der Waals surface area contributed by atoms with E-state index < -0.39 is 17.7 Å². The van der Waals surface area contributed by atoms with Gasteiger partial charge in [0.25, 0.3) is 11.7 Å². The predicted molar refractivity (Wildman–Crippen MR) is 130 cm³/mol. The SMILES string of the molecule is COc1cccc(C(O)=C2C(=O)C(=O)N(Cc3ccncc3)C2c2ccc(C(C)(C)C)cc2)c1. The molecule has 6 heteroatoms. The van der Waals surface area contributed by atoms with Crippen LogP contribution in [0, 0.1) is 0 Å². The number of carbonyl (C=O) groups excluding carboxylic acids is 2. The maximum atomic E-state index is 13.2. The van der Waals surface area contributed by atoms with Crippen molar-refractivity contribution in [3.05, 3.63) is 101 Å². The van der Waals surface area contributed by atoms with Crippen LogP contribution in [0.3, 0.4) is 0 Å². The van der Waals surface area contributed by atoms with Crippen LogP contribution in [-0.2, 0) is 21.5 Å². The Balaban J connectivity index is 1.86. The molecule has 1 N–H and O–H groups in total. The summed E-state index contributed by atoms with van der Waals surface area (Å²) in [5, 5.41) is 11.2. The molecule has 1 unspecified atom stereocenters. The molecule has 0 radical (unpaired) electrons. The maximum absolute atomic E-state index is 13.2. The van der Waals surface area contributed by atoms with Crippen molar-refractivity contribution < 1.29 is 19.4 Å². The molecule has 2 aromatic carbocycles. The Morgan fingerprint density at radius 2 is 1.71 bits per heavy atom. The highest BCUT2D eigenvalue weighted by molar-refractivity contribution is 6.46. The van der Waals surface area contributed by atoms with Crippen LogP contribution in [-0.4, -0.2) is 33.8 Å². The van der Waals surface area contributed by atoms with Crippen molar-refractivity contribution in [2.75, 3.05) is 7.11 Å². The number of aromatic nitrogens is 1. The molecule has 2 heterocycles. The van der Waals surface area contributed by atoms with Crippen LogP contribution in [0.1, 0.15) is 49.1 Å². The molecule has 1 fully saturated rings. The average molecular weight is 457 g/mol. The monoisotopic (exact) mass is 456 g/mol. The number of ether oxygens (including phenoxy) is 1. The van der Waals surface area contributed by atoms with Gasteiger partial charge in [0.1, 0.15) is 11.5 Å². The van der Waals surface area contributed by atoms with E-state index in [0.717, 1.165) is 16.7 Å². The number of amides is 1. The zero-order valence-electron chi connectivity index (χ0n) is 19.8. The van der Waals surface area contributed by atoms with Gasteiger partial charge in [0.05, 0.1) is 18.7 Å². The largest absolute Gasteiger partial charge is 0.507 e. The maximum Gasteiger partial charge on any atom is 0.295 e. The lowest BCUT2D eigenvalue weighted by Gasteiger charge is -2.26. The van der Waals surface area contributed by atoms with Gasteiger partial charge >= 0.3 is 0 Å². The third-order valence-corrected chi connectivity index (χ3v) is 6.08. The Kier molecular flexibility index (Phi) is 6.24. The summed E-state index contributed by atoms with van der Waals surface area (Å²) in [6.45, 7) is 6.59. The van der Waals surface area contributed by atoms with Crippen LogP contribution in [0.25, 0.3) is 5.76 Å². The summed E-state index contributed by atoms with van der Waals surface area (Å²) in [6, 6.07) is 17.6. The minimum absolute atomic E-state index is 0.0437. The minimum Gasteiger partial charge on any atom is -0.507 e. The number of ketones is 1. The number of nitrogens with zero attached hydrogens (tertiary/aromatic N) is 2. The average Bonchev–Trinajstić information content (AvgIpc) is 3.08. The number of Topliss-reactive ketones (excluding diaryl/α,β-unsaturated/α-hetero) is 1. The van der Waals surface area contributed by atoms with Crippen molar-refractivity contribution in [1.29, 1.82) is 0 Å². The first kappa shape index (κ1) is 23.2. The lowest BCUT2D eigenvalue weighted by molar-refractivity contribution is -0.140. The molecule has 0 saturated carbocycles. The second kappa shape index (κ2) is 9.14. The van der Waals surface area contributed by atoms with Gasteiger partial charge in [0.15, 0.2) is 0 Å². The summed E-state index contributed by atoms with van der Waals surface area (Å²) in [4.78, 5) is 32.0. The zero-order valence-corrected chi connectivity index (χ0v) is 19.8. The number of aliphatic hydroxyl groups is 1. The Morgan fingerprint density at radius 1 is 1.03 bits per heavy atom. The highest BCUT2D eigenvalue weighted by atomic mass is 16.5. The highest BCUT2D eigenvalue weighted by Gasteiger charge is 2.46. The second-order valence-electron chi connectivity index (χ2n) is 9.39. The quantitative estimate of drug-likeness (QED) is 0.332. The number of hydrogen-bond acceptors (Lipinski definition) is 5. The summed E-state index contributed by atoms with van der Waals surface area (Å²) in [5.74, 6) is -1.04.